The Hall–Kier alpha value is -1.78. The molecule has 2 aliphatic rings. The van der Waals surface area contributed by atoms with E-state index < -0.39 is 0 Å². The lowest BCUT2D eigenvalue weighted by atomic mass is 9.82. The molecule has 0 saturated heterocycles. The van der Waals surface area contributed by atoms with Crippen LogP contribution in [0.3, 0.4) is 0 Å². The third-order valence-electron chi connectivity index (χ3n) is 4.37. The highest BCUT2D eigenvalue weighted by molar-refractivity contribution is 5.97. The first-order valence-electron chi connectivity index (χ1n) is 7.64. The van der Waals surface area contributed by atoms with Crippen molar-refractivity contribution in [3.05, 3.63) is 23.4 Å². The van der Waals surface area contributed by atoms with Crippen molar-refractivity contribution < 1.29 is 14.3 Å². The van der Waals surface area contributed by atoms with Crippen LogP contribution < -0.4 is 11.1 Å². The average Bonchev–Trinajstić information content (AvgIpc) is 2.52. The zero-order valence-corrected chi connectivity index (χ0v) is 12.6. The van der Waals surface area contributed by atoms with Gasteiger partial charge in [0, 0.05) is 12.2 Å². The van der Waals surface area contributed by atoms with E-state index in [2.05, 4.69) is 5.32 Å². The van der Waals surface area contributed by atoms with Crippen molar-refractivity contribution in [1.82, 2.24) is 5.32 Å². The summed E-state index contributed by atoms with van der Waals surface area (Å²) in [6, 6.07) is 0. The van der Waals surface area contributed by atoms with E-state index >= 15 is 0 Å². The van der Waals surface area contributed by atoms with Gasteiger partial charge < -0.3 is 15.8 Å². The molecule has 0 radical (unpaired) electrons. The van der Waals surface area contributed by atoms with Gasteiger partial charge in [-0.3, -0.25) is 9.59 Å². The Morgan fingerprint density at radius 2 is 1.90 bits per heavy atom. The van der Waals surface area contributed by atoms with Gasteiger partial charge in [0.05, 0.1) is 18.6 Å². The van der Waals surface area contributed by atoms with E-state index in [1.54, 1.807) is 0 Å². The summed E-state index contributed by atoms with van der Waals surface area (Å²) in [7, 11) is 1.43. The number of hydrogen-bond acceptors (Lipinski definition) is 4. The maximum Gasteiger partial charge on any atom is 0.308 e. The number of nitrogens with one attached hydrogen (secondary N) is 1. The molecule has 2 rings (SSSR count). The van der Waals surface area contributed by atoms with Crippen LogP contribution in [0.4, 0.5) is 0 Å². The Morgan fingerprint density at radius 3 is 2.52 bits per heavy atom. The average molecular weight is 292 g/mol. The first-order chi connectivity index (χ1) is 10.1. The van der Waals surface area contributed by atoms with Crippen molar-refractivity contribution in [3.63, 3.8) is 0 Å². The third kappa shape index (κ3) is 4.09. The molecule has 1 fully saturated rings. The SMILES string of the molecule is COC(=O)C1CCC(CNC(=O)C2=CCCC=C2N)CC1. The first kappa shape index (κ1) is 15.6. The number of rotatable bonds is 4. The summed E-state index contributed by atoms with van der Waals surface area (Å²) in [6.07, 6.45) is 9.16. The molecule has 0 aromatic heterocycles. The van der Waals surface area contributed by atoms with Gasteiger partial charge in [0.1, 0.15) is 0 Å². The van der Waals surface area contributed by atoms with Crippen LogP contribution in [0.15, 0.2) is 23.4 Å². The highest BCUT2D eigenvalue weighted by Crippen LogP contribution is 2.29. The Balaban J connectivity index is 1.75. The zero-order chi connectivity index (χ0) is 15.2. The predicted octanol–water partition coefficient (Wildman–Crippen LogP) is 1.64. The topological polar surface area (TPSA) is 81.4 Å². The Labute approximate surface area is 125 Å². The molecule has 21 heavy (non-hydrogen) atoms. The Morgan fingerprint density at radius 1 is 1.24 bits per heavy atom. The highest BCUT2D eigenvalue weighted by Gasteiger charge is 2.27. The fourth-order valence-corrected chi connectivity index (χ4v) is 3.02. The number of methoxy groups -OCH3 is 1. The Kier molecular flexibility index (Phi) is 5.42. The summed E-state index contributed by atoms with van der Waals surface area (Å²) >= 11 is 0. The standard InChI is InChI=1S/C16H24N2O3/c1-21-16(20)12-8-6-11(7-9-12)10-18-15(19)13-4-2-3-5-14(13)17/h4-5,11-12H,2-3,6-10,17H2,1H3,(H,18,19). The molecule has 0 bridgehead atoms. The van der Waals surface area contributed by atoms with E-state index in [9.17, 15) is 9.59 Å². The summed E-state index contributed by atoms with van der Waals surface area (Å²) in [4.78, 5) is 23.6. The zero-order valence-electron chi connectivity index (χ0n) is 12.6. The molecule has 0 aromatic carbocycles. The Bertz CT molecular complexity index is 460. The van der Waals surface area contributed by atoms with Gasteiger partial charge in [-0.15, -0.1) is 0 Å². The predicted molar refractivity (Wildman–Crippen MR) is 80.1 cm³/mol. The van der Waals surface area contributed by atoms with Crippen LogP contribution in [-0.4, -0.2) is 25.5 Å². The fourth-order valence-electron chi connectivity index (χ4n) is 3.02. The summed E-state index contributed by atoms with van der Waals surface area (Å²) in [6.45, 7) is 0.650. The number of carbonyl (C=O) groups is 2. The third-order valence-corrected chi connectivity index (χ3v) is 4.37. The van der Waals surface area contributed by atoms with Crippen LogP contribution in [0.5, 0.6) is 0 Å². The van der Waals surface area contributed by atoms with Gasteiger partial charge in [-0.05, 0) is 44.4 Å². The number of nitrogens with two attached hydrogens (primary N) is 1. The minimum Gasteiger partial charge on any atom is -0.469 e. The van der Waals surface area contributed by atoms with Crippen LogP contribution in [0.2, 0.25) is 0 Å². The molecule has 0 unspecified atom stereocenters. The normalized spacial score (nSPS) is 25.6. The molecule has 1 amide bonds. The number of allylic oxidation sites excluding steroid dienone is 2. The number of ether oxygens (including phenoxy) is 1. The lowest BCUT2D eigenvalue weighted by Crippen LogP contribution is -2.34. The van der Waals surface area contributed by atoms with E-state index in [4.69, 9.17) is 10.5 Å². The van der Waals surface area contributed by atoms with E-state index in [1.165, 1.54) is 7.11 Å². The first-order valence-corrected chi connectivity index (χ1v) is 7.64. The van der Waals surface area contributed by atoms with Gasteiger partial charge >= 0.3 is 5.97 Å². The maximum atomic E-state index is 12.1. The summed E-state index contributed by atoms with van der Waals surface area (Å²) in [5.74, 6) is 0.270. The molecule has 0 atom stereocenters. The largest absolute Gasteiger partial charge is 0.469 e. The van der Waals surface area contributed by atoms with Crippen LogP contribution in [-0.2, 0) is 14.3 Å². The minimum atomic E-state index is -0.109. The van der Waals surface area contributed by atoms with Crippen molar-refractivity contribution in [2.45, 2.75) is 38.5 Å². The van der Waals surface area contributed by atoms with Gasteiger partial charge in [-0.1, -0.05) is 12.2 Å². The van der Waals surface area contributed by atoms with Gasteiger partial charge in [0.15, 0.2) is 0 Å². The molecule has 0 aliphatic heterocycles. The van der Waals surface area contributed by atoms with Crippen molar-refractivity contribution in [2.75, 3.05) is 13.7 Å². The van der Waals surface area contributed by atoms with Crippen molar-refractivity contribution in [2.24, 2.45) is 17.6 Å². The minimum absolute atomic E-state index is 0.0292. The molecule has 0 spiro atoms. The molecule has 0 heterocycles. The summed E-state index contributed by atoms with van der Waals surface area (Å²) in [5.41, 5.74) is 7.01. The van der Waals surface area contributed by atoms with Gasteiger partial charge in [0.25, 0.3) is 5.91 Å². The van der Waals surface area contributed by atoms with Crippen LogP contribution >= 0.6 is 0 Å². The van der Waals surface area contributed by atoms with Crippen molar-refractivity contribution in [1.29, 1.82) is 0 Å². The van der Waals surface area contributed by atoms with E-state index in [0.29, 0.717) is 23.7 Å². The molecular formula is C16H24N2O3. The van der Waals surface area contributed by atoms with Gasteiger partial charge in [0.2, 0.25) is 0 Å². The molecule has 116 valence electrons. The van der Waals surface area contributed by atoms with Crippen LogP contribution in [0.1, 0.15) is 38.5 Å². The number of esters is 1. The van der Waals surface area contributed by atoms with Crippen LogP contribution in [0.25, 0.3) is 0 Å². The molecule has 3 N–H and O–H groups in total. The van der Waals surface area contributed by atoms with Crippen molar-refractivity contribution >= 4 is 11.9 Å². The number of hydrogen-bond donors (Lipinski definition) is 2. The maximum absolute atomic E-state index is 12.1. The molecule has 1 saturated carbocycles. The van der Waals surface area contributed by atoms with Gasteiger partial charge in [-0.2, -0.15) is 0 Å². The second-order valence-corrected chi connectivity index (χ2v) is 5.81. The smallest absolute Gasteiger partial charge is 0.308 e. The lowest BCUT2D eigenvalue weighted by molar-refractivity contribution is -0.146. The highest BCUT2D eigenvalue weighted by atomic mass is 16.5. The molecule has 5 heteroatoms. The van der Waals surface area contributed by atoms with E-state index in [0.717, 1.165) is 38.5 Å². The molecular weight excluding hydrogens is 268 g/mol. The van der Waals surface area contributed by atoms with E-state index in [1.807, 2.05) is 12.2 Å². The number of carbonyl (C=O) groups excluding carboxylic acids is 2. The monoisotopic (exact) mass is 292 g/mol. The second-order valence-electron chi connectivity index (χ2n) is 5.81. The van der Waals surface area contributed by atoms with Gasteiger partial charge in [-0.25, -0.2) is 0 Å². The second kappa shape index (κ2) is 7.29. The number of amides is 1. The molecule has 2 aliphatic carbocycles. The molecule has 5 nitrogen and oxygen atoms in total. The quantitative estimate of drug-likeness (QED) is 0.772. The van der Waals surface area contributed by atoms with Crippen molar-refractivity contribution in [3.8, 4) is 0 Å². The van der Waals surface area contributed by atoms with E-state index in [-0.39, 0.29) is 17.8 Å². The molecule has 0 aromatic rings. The lowest BCUT2D eigenvalue weighted by Gasteiger charge is -2.27. The fraction of sp³-hybridized carbons (Fsp3) is 0.625. The summed E-state index contributed by atoms with van der Waals surface area (Å²) < 4.78 is 4.78. The van der Waals surface area contributed by atoms with Crippen LogP contribution in [0, 0.1) is 11.8 Å². The summed E-state index contributed by atoms with van der Waals surface area (Å²) in [5, 5.41) is 2.97.